The summed E-state index contributed by atoms with van der Waals surface area (Å²) >= 11 is 0. The van der Waals surface area contributed by atoms with Crippen molar-refractivity contribution in [3.05, 3.63) is 70.4 Å². The molecule has 1 aromatic heterocycles. The Morgan fingerprint density at radius 3 is 2.65 bits per heavy atom. The van der Waals surface area contributed by atoms with E-state index in [0.717, 1.165) is 24.0 Å². The van der Waals surface area contributed by atoms with Crippen molar-refractivity contribution < 1.29 is 19.0 Å². The van der Waals surface area contributed by atoms with E-state index >= 15 is 0 Å². The number of anilines is 1. The lowest BCUT2D eigenvalue weighted by Gasteiger charge is -2.27. The van der Waals surface area contributed by atoms with Crippen molar-refractivity contribution in [2.75, 3.05) is 19.0 Å². The summed E-state index contributed by atoms with van der Waals surface area (Å²) in [7, 11) is 1.59. The minimum atomic E-state index is -0.569. The van der Waals surface area contributed by atoms with Gasteiger partial charge in [0.05, 0.1) is 19.3 Å². The van der Waals surface area contributed by atoms with Gasteiger partial charge < -0.3 is 19.5 Å². The summed E-state index contributed by atoms with van der Waals surface area (Å²) in [5.41, 5.74) is 4.13. The Kier molecular flexibility index (Phi) is 7.10. The molecule has 0 aliphatic carbocycles. The van der Waals surface area contributed by atoms with Crippen molar-refractivity contribution in [3.8, 4) is 11.5 Å². The highest BCUT2D eigenvalue weighted by Gasteiger charge is 2.35. The van der Waals surface area contributed by atoms with Gasteiger partial charge in [-0.3, -0.25) is 0 Å². The molecule has 1 aliphatic heterocycles. The number of allylic oxidation sites excluding steroid dienone is 1. The van der Waals surface area contributed by atoms with Gasteiger partial charge >= 0.3 is 5.97 Å². The molecule has 1 N–H and O–H groups in total. The molecule has 2 heterocycles. The topological polar surface area (TPSA) is 100 Å². The Bertz CT molecular complexity index is 1190. The number of fused-ring (bicyclic) bond motifs is 1. The van der Waals surface area contributed by atoms with Crippen LogP contribution in [0.25, 0.3) is 0 Å². The van der Waals surface area contributed by atoms with Gasteiger partial charge in [-0.1, -0.05) is 54.3 Å². The summed E-state index contributed by atoms with van der Waals surface area (Å²) in [6, 6.07) is 13.2. The molecule has 0 amide bonds. The van der Waals surface area contributed by atoms with E-state index in [-0.39, 0.29) is 0 Å². The maximum absolute atomic E-state index is 13.0. The van der Waals surface area contributed by atoms with Gasteiger partial charge in [-0.05, 0) is 54.0 Å². The van der Waals surface area contributed by atoms with Gasteiger partial charge in [0.1, 0.15) is 12.6 Å². The molecule has 9 nitrogen and oxygen atoms in total. The van der Waals surface area contributed by atoms with Crippen molar-refractivity contribution in [3.63, 3.8) is 0 Å². The second kappa shape index (κ2) is 10.4. The molecule has 0 fully saturated rings. The van der Waals surface area contributed by atoms with E-state index in [0.29, 0.717) is 41.9 Å². The largest absolute Gasteiger partial charge is 0.493 e. The van der Waals surface area contributed by atoms with E-state index in [1.54, 1.807) is 11.8 Å². The van der Waals surface area contributed by atoms with Crippen LogP contribution >= 0.6 is 0 Å². The van der Waals surface area contributed by atoms with Crippen LogP contribution in [0.15, 0.2) is 53.7 Å². The van der Waals surface area contributed by atoms with Crippen LogP contribution in [0.2, 0.25) is 0 Å². The number of aromatic nitrogens is 4. The fourth-order valence-electron chi connectivity index (χ4n) is 3.79. The number of carbonyl (C=O) groups is 1. The maximum atomic E-state index is 13.0. The summed E-state index contributed by atoms with van der Waals surface area (Å²) in [5, 5.41) is 15.0. The highest BCUT2D eigenvalue weighted by Crippen LogP contribution is 2.38. The van der Waals surface area contributed by atoms with Crippen molar-refractivity contribution >= 4 is 11.9 Å². The average Bonchev–Trinajstić information content (AvgIpc) is 3.31. The number of rotatable bonds is 9. The SMILES string of the molecule is CCCCOC(=O)C1=C(C)Nc2nnnn2C1c1ccc(OCc2ccc(C)cc2)c(OC)c1. The lowest BCUT2D eigenvalue weighted by Crippen LogP contribution is -2.30. The number of tetrazole rings is 1. The Hall–Kier alpha value is -3.88. The van der Waals surface area contributed by atoms with E-state index < -0.39 is 12.0 Å². The number of hydrogen-bond donors (Lipinski definition) is 1. The molecule has 178 valence electrons. The number of ether oxygens (including phenoxy) is 3. The molecule has 1 unspecified atom stereocenters. The molecule has 2 aromatic carbocycles. The highest BCUT2D eigenvalue weighted by atomic mass is 16.5. The minimum Gasteiger partial charge on any atom is -0.493 e. The van der Waals surface area contributed by atoms with Crippen LogP contribution < -0.4 is 14.8 Å². The molecular formula is C25H29N5O4. The molecule has 0 bridgehead atoms. The Balaban J connectivity index is 1.64. The van der Waals surface area contributed by atoms with Gasteiger partial charge in [-0.25, -0.2) is 4.79 Å². The third kappa shape index (κ3) is 4.88. The van der Waals surface area contributed by atoms with E-state index in [1.165, 1.54) is 5.56 Å². The number of carbonyl (C=O) groups excluding carboxylic acids is 1. The fraction of sp³-hybridized carbons (Fsp3) is 0.360. The predicted molar refractivity (Wildman–Crippen MR) is 127 cm³/mol. The first kappa shape index (κ1) is 23.3. The molecule has 9 heteroatoms. The molecule has 3 aromatic rings. The van der Waals surface area contributed by atoms with Crippen LogP contribution in [0.3, 0.4) is 0 Å². The summed E-state index contributed by atoms with van der Waals surface area (Å²) in [6.45, 7) is 6.68. The van der Waals surface area contributed by atoms with E-state index in [2.05, 4.69) is 33.0 Å². The van der Waals surface area contributed by atoms with Crippen LogP contribution in [0.4, 0.5) is 5.95 Å². The van der Waals surface area contributed by atoms with Gasteiger partial charge in [0.2, 0.25) is 5.95 Å². The molecule has 1 aliphatic rings. The quantitative estimate of drug-likeness (QED) is 0.372. The molecule has 0 spiro atoms. The van der Waals surface area contributed by atoms with Crippen molar-refractivity contribution in [2.24, 2.45) is 0 Å². The van der Waals surface area contributed by atoms with Gasteiger partial charge in [-0.2, -0.15) is 4.68 Å². The molecule has 0 radical (unpaired) electrons. The van der Waals surface area contributed by atoms with Crippen molar-refractivity contribution in [1.82, 2.24) is 20.2 Å². The summed E-state index contributed by atoms with van der Waals surface area (Å²) in [4.78, 5) is 13.0. The third-order valence-corrected chi connectivity index (χ3v) is 5.68. The standard InChI is InChI=1S/C25H29N5O4/c1-5-6-13-33-24(31)22-17(3)26-25-27-28-29-30(25)23(22)19-11-12-20(21(14-19)32-4)34-15-18-9-7-16(2)8-10-18/h7-12,14,23H,5-6,13,15H2,1-4H3,(H,26,27,29). The maximum Gasteiger partial charge on any atom is 0.338 e. The van der Waals surface area contributed by atoms with Crippen molar-refractivity contribution in [2.45, 2.75) is 46.3 Å². The molecular weight excluding hydrogens is 434 g/mol. The molecule has 34 heavy (non-hydrogen) atoms. The summed E-state index contributed by atoms with van der Waals surface area (Å²) < 4.78 is 18.8. The first-order chi connectivity index (χ1) is 16.5. The van der Waals surface area contributed by atoms with E-state index in [9.17, 15) is 4.79 Å². The Labute approximate surface area is 198 Å². The predicted octanol–water partition coefficient (Wildman–Crippen LogP) is 4.20. The number of hydrogen-bond acceptors (Lipinski definition) is 8. The smallest absolute Gasteiger partial charge is 0.338 e. The summed E-state index contributed by atoms with van der Waals surface area (Å²) in [5.74, 6) is 1.20. The Morgan fingerprint density at radius 1 is 1.12 bits per heavy atom. The van der Waals surface area contributed by atoms with Crippen LogP contribution in [0.5, 0.6) is 11.5 Å². The zero-order valence-corrected chi connectivity index (χ0v) is 19.9. The molecule has 0 saturated heterocycles. The average molecular weight is 464 g/mol. The number of esters is 1. The minimum absolute atomic E-state index is 0.358. The zero-order chi connectivity index (χ0) is 24.1. The van der Waals surface area contributed by atoms with Gasteiger partial charge in [-0.15, -0.1) is 0 Å². The second-order valence-electron chi connectivity index (χ2n) is 8.19. The highest BCUT2D eigenvalue weighted by molar-refractivity contribution is 5.92. The second-order valence-corrected chi connectivity index (χ2v) is 8.19. The molecule has 1 atom stereocenters. The molecule has 4 rings (SSSR count). The van der Waals surface area contributed by atoms with Crippen LogP contribution in [-0.4, -0.2) is 39.9 Å². The van der Waals surface area contributed by atoms with Gasteiger partial charge in [0.15, 0.2) is 11.5 Å². The van der Waals surface area contributed by atoms with Crippen LogP contribution in [0, 0.1) is 6.92 Å². The van der Waals surface area contributed by atoms with Gasteiger partial charge in [0.25, 0.3) is 0 Å². The number of aryl methyl sites for hydroxylation is 1. The number of methoxy groups -OCH3 is 1. The lowest BCUT2D eigenvalue weighted by atomic mass is 9.95. The third-order valence-electron chi connectivity index (χ3n) is 5.68. The fourth-order valence-corrected chi connectivity index (χ4v) is 3.79. The van der Waals surface area contributed by atoms with Crippen LogP contribution in [0.1, 0.15) is 49.4 Å². The van der Waals surface area contributed by atoms with E-state index in [4.69, 9.17) is 14.2 Å². The number of unbranched alkanes of at least 4 members (excludes halogenated alkanes) is 1. The zero-order valence-electron chi connectivity index (χ0n) is 19.9. The number of nitrogens with zero attached hydrogens (tertiary/aromatic N) is 4. The first-order valence-electron chi connectivity index (χ1n) is 11.3. The normalized spacial score (nSPS) is 14.9. The Morgan fingerprint density at radius 2 is 1.91 bits per heavy atom. The van der Waals surface area contributed by atoms with E-state index in [1.807, 2.05) is 51.1 Å². The number of benzene rings is 2. The monoisotopic (exact) mass is 463 g/mol. The first-order valence-corrected chi connectivity index (χ1v) is 11.3. The van der Waals surface area contributed by atoms with Crippen LogP contribution in [-0.2, 0) is 16.1 Å². The number of nitrogens with one attached hydrogen (secondary N) is 1. The summed E-state index contributed by atoms with van der Waals surface area (Å²) in [6.07, 6.45) is 1.73. The lowest BCUT2D eigenvalue weighted by molar-refractivity contribution is -0.139. The van der Waals surface area contributed by atoms with Crippen molar-refractivity contribution in [1.29, 1.82) is 0 Å². The molecule has 0 saturated carbocycles. The van der Waals surface area contributed by atoms with Gasteiger partial charge in [0, 0.05) is 5.70 Å².